The van der Waals surface area contributed by atoms with Gasteiger partial charge in [-0.15, -0.1) is 0 Å². The van der Waals surface area contributed by atoms with E-state index in [9.17, 15) is 9.59 Å². The first kappa shape index (κ1) is 74.2. The molecule has 3 heterocycles. The molecule has 1 aliphatic carbocycles. The van der Waals surface area contributed by atoms with Crippen LogP contribution in [0.2, 0.25) is 0 Å². The second-order valence-corrected chi connectivity index (χ2v) is 29.7. The number of ketones is 2. The topological polar surface area (TPSA) is 176 Å². The molecule has 572 valence electrons. The number of benzene rings is 17. The summed E-state index contributed by atoms with van der Waals surface area (Å²) < 4.78 is 19.5. The maximum absolute atomic E-state index is 11.2. The number of nitrogen functional groups attached to an aromatic ring is 2. The van der Waals surface area contributed by atoms with Crippen molar-refractivity contribution < 1.29 is 9.59 Å². The lowest BCUT2D eigenvalue weighted by Crippen LogP contribution is -2.15. The largest absolute Gasteiger partial charge is 0.396 e. The average Bonchev–Trinajstić information content (AvgIpc) is 1.23. The Morgan fingerprint density at radius 3 is 0.850 bits per heavy atom. The first-order chi connectivity index (χ1) is 59.2. The summed E-state index contributed by atoms with van der Waals surface area (Å²) in [7, 11) is 0. The number of hydrogen-bond donors (Lipinski definition) is 2. The summed E-state index contributed by atoms with van der Waals surface area (Å²) in [5.74, 6) is -0.846. The maximum Gasteiger partial charge on any atom is 0.233 e. The molecule has 0 amide bonds. The van der Waals surface area contributed by atoms with Gasteiger partial charge in [-0.2, -0.15) is 17.5 Å². The molecule has 0 aliphatic heterocycles. The molecule has 120 heavy (non-hydrogen) atoms. The van der Waals surface area contributed by atoms with E-state index in [-0.39, 0.29) is 0 Å². The lowest BCUT2D eigenvalue weighted by Gasteiger charge is -2.26. The summed E-state index contributed by atoms with van der Waals surface area (Å²) in [6, 6.07) is 137. The normalized spacial score (nSPS) is 11.6. The molecule has 0 saturated carbocycles. The molecule has 0 radical (unpaired) electrons. The number of aromatic nitrogens is 6. The molecule has 14 nitrogen and oxygen atoms in total. The zero-order chi connectivity index (χ0) is 80.8. The molecule has 0 atom stereocenters. The molecule has 0 spiro atoms. The van der Waals surface area contributed by atoms with Crippen molar-refractivity contribution in [2.24, 2.45) is 0 Å². The van der Waals surface area contributed by atoms with Gasteiger partial charge in [-0.05, 0) is 191 Å². The number of para-hydroxylation sites is 8. The molecule has 4 N–H and O–H groups in total. The number of nitrogens with zero attached hydrogens (tertiary/aromatic N) is 10. The van der Waals surface area contributed by atoms with E-state index in [0.717, 1.165) is 173 Å². The summed E-state index contributed by atoms with van der Waals surface area (Å²) in [4.78, 5) is 42.1. The molecular weight excluding hydrogens is 1510 g/mol. The lowest BCUT2D eigenvalue weighted by atomic mass is 9.93. The predicted molar refractivity (Wildman–Crippen MR) is 497 cm³/mol. The zero-order valence-electron chi connectivity index (χ0n) is 64.5. The SMILES string of the molecule is Nc1c(N)c(-c2ccc(N(c3ccccc3)c3ccccc3)cc2)c2nsnc2c1-c1ccc(N(c2ccccc2)c2ccccc2)cc1.O=C1C=Cc2ccccc2C1=O.c1ccc(N(c2ccccc2)c2ccc(-c3c4nsnc4c(-c4ccc(N(c5ccccc5)c5ccccc5)cc4)c4nc5c(ccc6ccccc65)nc34)cc2)cc1. The van der Waals surface area contributed by atoms with Crippen LogP contribution >= 0.6 is 23.5 Å². The fraction of sp³-hybridized carbons (Fsp3) is 0. The first-order valence-corrected chi connectivity index (χ1v) is 40.7. The van der Waals surface area contributed by atoms with Crippen LogP contribution < -0.4 is 31.1 Å². The van der Waals surface area contributed by atoms with Crippen molar-refractivity contribution in [1.29, 1.82) is 0 Å². The standard InChI is InChI=1S/C52H34N6S.C42H32N6S.C10H6O2/c1-5-16-38(17-6-1)57(39-18-7-2-8-19-39)42-30-25-36(26-31-42)46-49-50(54-48-44-24-14-13-15-35(44)29-34-45(48)53-49)47(52-51(46)55-59-56-52)37-27-32-43(33-28-37)58(40-20-9-3-10-21-40)41-22-11-4-12-23-41;43-39-37(29-21-25-35(26-22-29)47(31-13-5-1-6-14-31)32-15-7-2-8-16-32)41-42(46-49-45-41)38(40(39)44)30-23-27-36(28-24-30)48(33-17-9-3-10-18-33)34-19-11-4-12-20-34;11-9-6-5-7-3-1-2-4-8(7)10(9)12/h1-34H;1-28H,43-44H2;1-6H. The number of rotatable bonds is 16. The molecule has 0 fully saturated rings. The summed E-state index contributed by atoms with van der Waals surface area (Å²) in [5.41, 5.74) is 42.4. The summed E-state index contributed by atoms with van der Waals surface area (Å²) in [5, 5.41) is 2.18. The minimum atomic E-state index is -0.436. The number of carbonyl (C=O) groups excluding carboxylic acids is 2. The Labute approximate surface area is 701 Å². The van der Waals surface area contributed by atoms with Gasteiger partial charge in [0.2, 0.25) is 11.6 Å². The second-order valence-electron chi connectivity index (χ2n) is 28.7. The third kappa shape index (κ3) is 14.5. The molecule has 3 aromatic heterocycles. The summed E-state index contributed by atoms with van der Waals surface area (Å²) in [6.07, 6.45) is 2.98. The highest BCUT2D eigenvalue weighted by atomic mass is 32.1. The van der Waals surface area contributed by atoms with Crippen LogP contribution in [0.25, 0.3) is 105 Å². The Kier molecular flexibility index (Phi) is 20.5. The van der Waals surface area contributed by atoms with Crippen molar-refractivity contribution in [1.82, 2.24) is 27.5 Å². The van der Waals surface area contributed by atoms with E-state index in [1.807, 2.05) is 109 Å². The van der Waals surface area contributed by atoms with Gasteiger partial charge in [0, 0.05) is 101 Å². The Bertz CT molecular complexity index is 6800. The fourth-order valence-electron chi connectivity index (χ4n) is 15.8. The first-order valence-electron chi connectivity index (χ1n) is 39.2. The van der Waals surface area contributed by atoms with Crippen LogP contribution in [0, 0.1) is 0 Å². The van der Waals surface area contributed by atoms with E-state index in [1.54, 1.807) is 18.2 Å². The minimum Gasteiger partial charge on any atom is -0.396 e. The van der Waals surface area contributed by atoms with Crippen LogP contribution in [0.1, 0.15) is 15.9 Å². The summed E-state index contributed by atoms with van der Waals surface area (Å²) in [6.45, 7) is 0. The van der Waals surface area contributed by atoms with Crippen molar-refractivity contribution >= 4 is 176 Å². The molecule has 0 unspecified atom stereocenters. The monoisotopic (exact) mass is 1580 g/mol. The van der Waals surface area contributed by atoms with Crippen molar-refractivity contribution in [3.63, 3.8) is 0 Å². The van der Waals surface area contributed by atoms with Crippen LogP contribution in [0.4, 0.5) is 79.6 Å². The average molecular weight is 1590 g/mol. The highest BCUT2D eigenvalue weighted by Gasteiger charge is 2.28. The van der Waals surface area contributed by atoms with Gasteiger partial charge in [0.05, 0.1) is 45.9 Å². The van der Waals surface area contributed by atoms with Crippen LogP contribution in [0.3, 0.4) is 0 Å². The van der Waals surface area contributed by atoms with Gasteiger partial charge >= 0.3 is 0 Å². The van der Waals surface area contributed by atoms with E-state index in [0.29, 0.717) is 16.9 Å². The van der Waals surface area contributed by atoms with Gasteiger partial charge in [0.25, 0.3) is 0 Å². The van der Waals surface area contributed by atoms with Crippen LogP contribution in [0.15, 0.2) is 406 Å². The third-order valence-corrected chi connectivity index (χ3v) is 22.5. The van der Waals surface area contributed by atoms with E-state index < -0.39 is 11.6 Å². The van der Waals surface area contributed by atoms with Crippen LogP contribution in [-0.4, -0.2) is 39.0 Å². The Morgan fingerprint density at radius 2 is 0.508 bits per heavy atom. The van der Waals surface area contributed by atoms with Gasteiger partial charge in [-0.25, -0.2) is 9.97 Å². The smallest absolute Gasteiger partial charge is 0.233 e. The molecule has 0 saturated heterocycles. The quantitative estimate of drug-likeness (QED) is 0.0404. The van der Waals surface area contributed by atoms with Gasteiger partial charge < -0.3 is 31.1 Å². The summed E-state index contributed by atoms with van der Waals surface area (Å²) >= 11 is 2.39. The Balaban J connectivity index is 0.000000141. The molecule has 0 bridgehead atoms. The van der Waals surface area contributed by atoms with Crippen molar-refractivity contribution in [2.75, 3.05) is 31.1 Å². The fourth-order valence-corrected chi connectivity index (χ4v) is 16.9. The van der Waals surface area contributed by atoms with Crippen molar-refractivity contribution in [3.8, 4) is 44.5 Å². The predicted octanol–water partition coefficient (Wildman–Crippen LogP) is 26.8. The van der Waals surface area contributed by atoms with Crippen molar-refractivity contribution in [2.45, 2.75) is 0 Å². The Morgan fingerprint density at radius 1 is 0.233 bits per heavy atom. The second kappa shape index (κ2) is 33.1. The zero-order valence-corrected chi connectivity index (χ0v) is 66.2. The maximum atomic E-state index is 11.2. The number of anilines is 14. The highest BCUT2D eigenvalue weighted by molar-refractivity contribution is 7.00. The van der Waals surface area contributed by atoms with E-state index in [2.05, 4.69) is 299 Å². The van der Waals surface area contributed by atoms with Crippen molar-refractivity contribution in [3.05, 3.63) is 418 Å². The van der Waals surface area contributed by atoms with Crippen LogP contribution in [0.5, 0.6) is 0 Å². The highest BCUT2D eigenvalue weighted by Crippen LogP contribution is 2.49. The van der Waals surface area contributed by atoms with Gasteiger partial charge in [-0.3, -0.25) is 9.59 Å². The molecule has 21 rings (SSSR count). The Hall–Kier alpha value is -15.9. The number of Topliss-reactive ketones (excluding diaryl/α,β-unsaturated/α-hetero) is 1. The molecule has 1 aliphatic rings. The molecular formula is C104H72N12O2S2. The van der Waals surface area contributed by atoms with Crippen LogP contribution in [-0.2, 0) is 4.79 Å². The lowest BCUT2D eigenvalue weighted by molar-refractivity contribution is -0.110. The van der Waals surface area contributed by atoms with Gasteiger partial charge in [0.1, 0.15) is 33.1 Å². The number of fused-ring (bicyclic) bond motifs is 7. The number of allylic oxidation sites excluding steroid dienone is 1. The van der Waals surface area contributed by atoms with Gasteiger partial charge in [-0.1, -0.05) is 255 Å². The van der Waals surface area contributed by atoms with E-state index in [1.165, 1.54) is 29.5 Å². The van der Waals surface area contributed by atoms with Gasteiger partial charge in [0.15, 0.2) is 0 Å². The number of hydrogen-bond acceptors (Lipinski definition) is 16. The molecule has 17 aromatic carbocycles. The van der Waals surface area contributed by atoms with E-state index in [4.69, 9.17) is 38.9 Å². The molecule has 20 aromatic rings. The molecule has 16 heteroatoms. The minimum absolute atomic E-state index is 0.409. The van der Waals surface area contributed by atoms with E-state index >= 15 is 0 Å². The number of nitrogens with two attached hydrogens (primary N) is 2. The third-order valence-electron chi connectivity index (χ3n) is 21.4. The number of carbonyl (C=O) groups is 2.